The summed E-state index contributed by atoms with van der Waals surface area (Å²) in [5.74, 6) is 1.33. The topological polar surface area (TPSA) is 24.4 Å². The Morgan fingerprint density at radius 1 is 1.35 bits per heavy atom. The van der Waals surface area contributed by atoms with Gasteiger partial charge in [-0.3, -0.25) is 4.99 Å². The van der Waals surface area contributed by atoms with Gasteiger partial charge >= 0.3 is 0 Å². The van der Waals surface area contributed by atoms with Crippen LogP contribution in [0.15, 0.2) is 41.6 Å². The molecule has 0 fully saturated rings. The second kappa shape index (κ2) is 6.43. The average molecular weight is 234 g/mol. The van der Waals surface area contributed by atoms with Crippen LogP contribution in [0.1, 0.15) is 34.6 Å². The quantitative estimate of drug-likeness (QED) is 0.435. The van der Waals surface area contributed by atoms with Gasteiger partial charge in [0.15, 0.2) is 0 Å². The summed E-state index contributed by atoms with van der Waals surface area (Å²) in [6, 6.07) is 0. The molecule has 0 aromatic carbocycles. The summed E-state index contributed by atoms with van der Waals surface area (Å²) < 4.78 is 0. The molecule has 0 amide bonds. The molecule has 0 aromatic rings. The Balaban J connectivity index is 5.29. The van der Waals surface area contributed by atoms with E-state index in [1.165, 1.54) is 5.57 Å². The van der Waals surface area contributed by atoms with Crippen molar-refractivity contribution in [3.05, 3.63) is 36.6 Å². The largest absolute Gasteiger partial charge is 0.348 e. The summed E-state index contributed by atoms with van der Waals surface area (Å²) in [6.07, 6.45) is 3.87. The molecule has 1 N–H and O–H groups in total. The third-order valence-electron chi connectivity index (χ3n) is 3.64. The molecule has 0 aromatic heterocycles. The van der Waals surface area contributed by atoms with Gasteiger partial charge in [0.1, 0.15) is 0 Å². The lowest BCUT2D eigenvalue weighted by atomic mass is 9.71. The van der Waals surface area contributed by atoms with Gasteiger partial charge < -0.3 is 5.32 Å². The summed E-state index contributed by atoms with van der Waals surface area (Å²) in [7, 11) is 1.77. The van der Waals surface area contributed by atoms with E-state index in [4.69, 9.17) is 0 Å². The van der Waals surface area contributed by atoms with Gasteiger partial charge in [-0.25, -0.2) is 0 Å². The van der Waals surface area contributed by atoms with Crippen molar-refractivity contribution in [2.24, 2.45) is 16.3 Å². The van der Waals surface area contributed by atoms with E-state index in [0.29, 0.717) is 5.92 Å². The molecule has 17 heavy (non-hydrogen) atoms. The Bertz CT molecular complexity index is 348. The first-order valence-electron chi connectivity index (χ1n) is 6.00. The number of allylic oxidation sites excluding steroid dienone is 3. The molecular formula is C15H26N2. The van der Waals surface area contributed by atoms with Gasteiger partial charge in [-0.2, -0.15) is 0 Å². The van der Waals surface area contributed by atoms with E-state index in [1.807, 2.05) is 19.1 Å². The van der Waals surface area contributed by atoms with Crippen LogP contribution in [0, 0.1) is 11.3 Å². The molecule has 1 unspecified atom stereocenters. The molecule has 2 nitrogen and oxygen atoms in total. The molecule has 0 aliphatic rings. The van der Waals surface area contributed by atoms with Crippen LogP contribution in [0.25, 0.3) is 0 Å². The molecule has 1 atom stereocenters. The van der Waals surface area contributed by atoms with Crippen LogP contribution in [-0.4, -0.2) is 12.9 Å². The molecule has 0 saturated carbocycles. The highest BCUT2D eigenvalue weighted by Crippen LogP contribution is 2.40. The number of nitrogens with zero attached hydrogens (tertiary/aromatic N) is 1. The van der Waals surface area contributed by atoms with Crippen LogP contribution in [0.4, 0.5) is 0 Å². The third-order valence-corrected chi connectivity index (χ3v) is 3.64. The fraction of sp³-hybridized carbons (Fsp3) is 0.533. The first kappa shape index (κ1) is 15.7. The molecule has 0 saturated heterocycles. The minimum absolute atomic E-state index is 0.0971. The number of amidine groups is 1. The number of hydrogen-bond donors (Lipinski definition) is 1. The van der Waals surface area contributed by atoms with Crippen molar-refractivity contribution in [1.82, 2.24) is 5.32 Å². The zero-order chi connectivity index (χ0) is 13.6. The van der Waals surface area contributed by atoms with Crippen molar-refractivity contribution >= 4 is 5.84 Å². The maximum Gasteiger partial charge on any atom is 0.0969 e. The normalized spacial score (nSPS) is 16.6. The summed E-state index contributed by atoms with van der Waals surface area (Å²) in [5.41, 5.74) is 2.13. The monoisotopic (exact) mass is 234 g/mol. The highest BCUT2D eigenvalue weighted by Gasteiger charge is 2.33. The third kappa shape index (κ3) is 3.58. The van der Waals surface area contributed by atoms with Gasteiger partial charge in [-0.05, 0) is 19.8 Å². The summed E-state index contributed by atoms with van der Waals surface area (Å²) in [5, 5.41) is 3.27. The van der Waals surface area contributed by atoms with Gasteiger partial charge in [0, 0.05) is 18.2 Å². The zero-order valence-corrected chi connectivity index (χ0v) is 12.1. The van der Waals surface area contributed by atoms with Crippen molar-refractivity contribution in [1.29, 1.82) is 0 Å². The number of rotatable bonds is 5. The molecule has 0 rings (SSSR count). The molecule has 0 aliphatic heterocycles. The molecule has 0 heterocycles. The zero-order valence-electron chi connectivity index (χ0n) is 12.1. The average Bonchev–Trinajstić information content (AvgIpc) is 2.27. The Morgan fingerprint density at radius 3 is 2.24 bits per heavy atom. The van der Waals surface area contributed by atoms with E-state index in [-0.39, 0.29) is 5.41 Å². The Kier molecular flexibility index (Phi) is 5.94. The second-order valence-corrected chi connectivity index (χ2v) is 4.86. The Labute approximate surface area is 106 Å². The van der Waals surface area contributed by atoms with Gasteiger partial charge in [0.2, 0.25) is 0 Å². The van der Waals surface area contributed by atoms with Gasteiger partial charge in [-0.1, -0.05) is 51.7 Å². The van der Waals surface area contributed by atoms with E-state index in [0.717, 1.165) is 11.5 Å². The predicted molar refractivity (Wildman–Crippen MR) is 78.2 cm³/mol. The van der Waals surface area contributed by atoms with Gasteiger partial charge in [-0.15, -0.1) is 0 Å². The van der Waals surface area contributed by atoms with Crippen LogP contribution < -0.4 is 5.32 Å². The van der Waals surface area contributed by atoms with Gasteiger partial charge in [0.05, 0.1) is 5.84 Å². The predicted octanol–water partition coefficient (Wildman–Crippen LogP) is 3.93. The maximum atomic E-state index is 4.17. The molecule has 0 radical (unpaired) electrons. The lowest BCUT2D eigenvalue weighted by Crippen LogP contribution is -2.36. The lowest BCUT2D eigenvalue weighted by molar-refractivity contribution is 0.327. The molecule has 0 bridgehead atoms. The minimum Gasteiger partial charge on any atom is -0.348 e. The number of nitrogens with one attached hydrogen (secondary N) is 1. The maximum absolute atomic E-state index is 4.17. The Morgan fingerprint density at radius 2 is 1.88 bits per heavy atom. The standard InChI is InChI=1S/C15H26N2/c1-9-10-12(4)15(7,11(2)3)13(5)17-14(6)16-8/h9-11H,1,5H2,2-4,6-8H3,(H,16,17). The fourth-order valence-electron chi connectivity index (χ4n) is 1.80. The van der Waals surface area contributed by atoms with Crippen LogP contribution >= 0.6 is 0 Å². The van der Waals surface area contributed by atoms with Crippen molar-refractivity contribution in [3.8, 4) is 0 Å². The first-order valence-corrected chi connectivity index (χ1v) is 6.00. The fourth-order valence-corrected chi connectivity index (χ4v) is 1.80. The highest BCUT2D eigenvalue weighted by molar-refractivity contribution is 5.81. The van der Waals surface area contributed by atoms with Crippen molar-refractivity contribution in [2.75, 3.05) is 7.05 Å². The van der Waals surface area contributed by atoms with E-state index in [2.05, 4.69) is 51.2 Å². The van der Waals surface area contributed by atoms with E-state index in [1.54, 1.807) is 7.05 Å². The van der Waals surface area contributed by atoms with E-state index < -0.39 is 0 Å². The molecule has 0 aliphatic carbocycles. The number of hydrogen-bond acceptors (Lipinski definition) is 1. The smallest absolute Gasteiger partial charge is 0.0969 e. The van der Waals surface area contributed by atoms with Crippen LogP contribution in [0.5, 0.6) is 0 Å². The summed E-state index contributed by atoms with van der Waals surface area (Å²) >= 11 is 0. The van der Waals surface area contributed by atoms with Crippen molar-refractivity contribution in [3.63, 3.8) is 0 Å². The molecule has 0 spiro atoms. The first-order chi connectivity index (χ1) is 7.80. The summed E-state index contributed by atoms with van der Waals surface area (Å²) in [6.45, 7) is 18.6. The molecule has 2 heteroatoms. The second-order valence-electron chi connectivity index (χ2n) is 4.86. The highest BCUT2D eigenvalue weighted by atomic mass is 15.0. The molecular weight excluding hydrogens is 208 g/mol. The van der Waals surface area contributed by atoms with Crippen LogP contribution in [-0.2, 0) is 0 Å². The van der Waals surface area contributed by atoms with Gasteiger partial charge in [0.25, 0.3) is 0 Å². The summed E-state index contributed by atoms with van der Waals surface area (Å²) in [4.78, 5) is 4.11. The SMILES string of the molecule is C=CC=C(C)C(C)(C(=C)NC(C)=NC)C(C)C. The van der Waals surface area contributed by atoms with Crippen molar-refractivity contribution < 1.29 is 0 Å². The molecule has 96 valence electrons. The Hall–Kier alpha value is -1.31. The minimum atomic E-state index is -0.0971. The van der Waals surface area contributed by atoms with E-state index >= 15 is 0 Å². The van der Waals surface area contributed by atoms with Crippen LogP contribution in [0.2, 0.25) is 0 Å². The van der Waals surface area contributed by atoms with E-state index in [9.17, 15) is 0 Å². The van der Waals surface area contributed by atoms with Crippen LogP contribution in [0.3, 0.4) is 0 Å². The van der Waals surface area contributed by atoms with Crippen molar-refractivity contribution in [2.45, 2.75) is 34.6 Å². The number of aliphatic imine (C=N–C) groups is 1. The lowest BCUT2D eigenvalue weighted by Gasteiger charge is -2.37.